The minimum atomic E-state index is -3.76. The van der Waals surface area contributed by atoms with Crippen molar-refractivity contribution < 1.29 is 32.2 Å². The number of carbonyl (C=O) groups is 1. The van der Waals surface area contributed by atoms with Crippen LogP contribution in [0.1, 0.15) is 43.7 Å². The van der Waals surface area contributed by atoms with Gasteiger partial charge in [0.05, 0.1) is 28.4 Å². The predicted octanol–water partition coefficient (Wildman–Crippen LogP) is 3.90. The first kappa shape index (κ1) is 28.6. The Balaban J connectivity index is 1.70. The quantitative estimate of drug-likeness (QED) is 0.456. The van der Waals surface area contributed by atoms with E-state index in [0.29, 0.717) is 42.4 Å². The van der Waals surface area contributed by atoms with E-state index in [4.69, 9.17) is 18.9 Å². The summed E-state index contributed by atoms with van der Waals surface area (Å²) in [5, 5.41) is 0. The largest absolute Gasteiger partial charge is 0.495 e. The van der Waals surface area contributed by atoms with Crippen LogP contribution < -0.4 is 18.9 Å². The number of methoxy groups -OCH3 is 4. The fraction of sp³-hybridized carbons (Fsp3) is 0.519. The molecule has 2 aromatic carbocycles. The second kappa shape index (κ2) is 12.0. The molecule has 0 aromatic heterocycles. The molecule has 1 saturated heterocycles. The molecule has 0 unspecified atom stereocenters. The maximum absolute atomic E-state index is 13.5. The summed E-state index contributed by atoms with van der Waals surface area (Å²) in [4.78, 5) is 15.1. The number of amides is 1. The number of carbonyl (C=O) groups excluding carboxylic acids is 1. The molecule has 3 rings (SSSR count). The molecule has 0 bridgehead atoms. The van der Waals surface area contributed by atoms with Crippen molar-refractivity contribution in [2.75, 3.05) is 48.6 Å². The summed E-state index contributed by atoms with van der Waals surface area (Å²) in [6, 6.07) is 8.92. The van der Waals surface area contributed by atoms with Crippen molar-refractivity contribution in [3.63, 3.8) is 0 Å². The summed E-state index contributed by atoms with van der Waals surface area (Å²) < 4.78 is 50.0. The van der Waals surface area contributed by atoms with Gasteiger partial charge in [-0.05, 0) is 54.2 Å². The van der Waals surface area contributed by atoms with E-state index in [1.165, 1.54) is 11.4 Å². The average molecular weight is 535 g/mol. The molecule has 1 aliphatic rings. The second-order valence-electron chi connectivity index (χ2n) is 9.47. The number of benzene rings is 2. The third-order valence-corrected chi connectivity index (χ3v) is 8.72. The Morgan fingerprint density at radius 2 is 1.51 bits per heavy atom. The molecule has 1 amide bonds. The summed E-state index contributed by atoms with van der Waals surface area (Å²) in [5.74, 6) is 1.76. The number of nitrogens with zero attached hydrogens (tertiary/aromatic N) is 2. The van der Waals surface area contributed by atoms with Gasteiger partial charge in [0, 0.05) is 32.6 Å². The van der Waals surface area contributed by atoms with E-state index in [0.717, 1.165) is 11.1 Å². The number of rotatable bonds is 10. The van der Waals surface area contributed by atoms with Crippen molar-refractivity contribution in [1.82, 2.24) is 9.21 Å². The van der Waals surface area contributed by atoms with Crippen LogP contribution in [0.3, 0.4) is 0 Å². The topological polar surface area (TPSA) is 94.6 Å². The molecular weight excluding hydrogens is 496 g/mol. The van der Waals surface area contributed by atoms with E-state index in [-0.39, 0.29) is 35.7 Å². The average Bonchev–Trinajstić information content (AvgIpc) is 2.91. The van der Waals surface area contributed by atoms with Crippen molar-refractivity contribution in [1.29, 1.82) is 0 Å². The van der Waals surface area contributed by atoms with Crippen LogP contribution in [0.25, 0.3) is 0 Å². The molecule has 0 saturated carbocycles. The molecule has 9 nitrogen and oxygen atoms in total. The van der Waals surface area contributed by atoms with Crippen LogP contribution in [-0.4, -0.2) is 72.1 Å². The lowest BCUT2D eigenvalue weighted by molar-refractivity contribution is -0.135. The third kappa shape index (κ3) is 6.13. The molecule has 0 radical (unpaired) electrons. The Kier molecular flexibility index (Phi) is 9.31. The van der Waals surface area contributed by atoms with Gasteiger partial charge < -0.3 is 23.8 Å². The number of ether oxygens (including phenoxy) is 4. The van der Waals surface area contributed by atoms with Crippen LogP contribution >= 0.6 is 0 Å². The van der Waals surface area contributed by atoms with Gasteiger partial charge in [0.1, 0.15) is 10.6 Å². The standard InChI is InChI=1S/C27H38N2O7S/c1-18(2)21-8-9-22(33-4)25(16-21)37(31,32)29-12-10-20(11-13-29)27(30)28(3)17-19-14-23(34-5)26(36-7)24(15-19)35-6/h8-9,14-16,18,20H,10-13,17H2,1-7H3. The van der Waals surface area contributed by atoms with Crippen molar-refractivity contribution in [3.05, 3.63) is 41.5 Å². The van der Waals surface area contributed by atoms with Gasteiger partial charge in [-0.1, -0.05) is 19.9 Å². The van der Waals surface area contributed by atoms with E-state index in [1.54, 1.807) is 45.4 Å². The molecule has 10 heteroatoms. The molecule has 2 aromatic rings. The summed E-state index contributed by atoms with van der Waals surface area (Å²) >= 11 is 0. The maximum atomic E-state index is 13.5. The first-order chi connectivity index (χ1) is 17.6. The molecule has 204 valence electrons. The lowest BCUT2D eigenvalue weighted by Crippen LogP contribution is -2.43. The number of hydrogen-bond donors (Lipinski definition) is 0. The third-order valence-electron chi connectivity index (χ3n) is 6.80. The maximum Gasteiger partial charge on any atom is 0.246 e. The van der Waals surface area contributed by atoms with Crippen LogP contribution in [0.15, 0.2) is 35.2 Å². The highest BCUT2D eigenvalue weighted by Gasteiger charge is 2.35. The molecule has 1 aliphatic heterocycles. The minimum absolute atomic E-state index is 0.0230. The van der Waals surface area contributed by atoms with Gasteiger partial charge in [-0.15, -0.1) is 0 Å². The van der Waals surface area contributed by atoms with Crippen molar-refractivity contribution in [2.45, 2.75) is 44.0 Å². The number of hydrogen-bond acceptors (Lipinski definition) is 7. The summed E-state index contributed by atoms with van der Waals surface area (Å²) in [7, 11) is 4.10. The van der Waals surface area contributed by atoms with Gasteiger partial charge in [-0.25, -0.2) is 8.42 Å². The van der Waals surface area contributed by atoms with Crippen molar-refractivity contribution >= 4 is 15.9 Å². The zero-order valence-electron chi connectivity index (χ0n) is 22.7. The van der Waals surface area contributed by atoms with E-state index < -0.39 is 10.0 Å². The zero-order valence-corrected chi connectivity index (χ0v) is 23.6. The molecule has 0 spiro atoms. The lowest BCUT2D eigenvalue weighted by Gasteiger charge is -2.33. The molecule has 37 heavy (non-hydrogen) atoms. The van der Waals surface area contributed by atoms with Crippen molar-refractivity contribution in [2.24, 2.45) is 5.92 Å². The predicted molar refractivity (Wildman–Crippen MR) is 141 cm³/mol. The summed E-state index contributed by atoms with van der Waals surface area (Å²) in [6.45, 7) is 4.93. The van der Waals surface area contributed by atoms with E-state index in [9.17, 15) is 13.2 Å². The van der Waals surface area contributed by atoms with Gasteiger partial charge in [0.15, 0.2) is 11.5 Å². The highest BCUT2D eigenvalue weighted by Crippen LogP contribution is 2.39. The highest BCUT2D eigenvalue weighted by molar-refractivity contribution is 7.89. The smallest absolute Gasteiger partial charge is 0.246 e. The SMILES string of the molecule is COc1ccc(C(C)C)cc1S(=O)(=O)N1CCC(C(=O)N(C)Cc2cc(OC)c(OC)c(OC)c2)CC1. The zero-order chi connectivity index (χ0) is 27.3. The van der Waals surface area contributed by atoms with E-state index in [2.05, 4.69) is 0 Å². The van der Waals surface area contributed by atoms with Crippen LogP contribution in [0, 0.1) is 5.92 Å². The van der Waals surface area contributed by atoms with Gasteiger partial charge in [0.25, 0.3) is 0 Å². The first-order valence-corrected chi connectivity index (χ1v) is 13.7. The Morgan fingerprint density at radius 1 is 0.946 bits per heavy atom. The van der Waals surface area contributed by atoms with Crippen LogP contribution in [0.5, 0.6) is 23.0 Å². The molecule has 0 atom stereocenters. The Hall–Kier alpha value is -2.98. The van der Waals surface area contributed by atoms with E-state index in [1.807, 2.05) is 32.0 Å². The first-order valence-electron chi connectivity index (χ1n) is 12.3. The summed E-state index contributed by atoms with van der Waals surface area (Å²) in [6.07, 6.45) is 0.897. The fourth-order valence-electron chi connectivity index (χ4n) is 4.63. The molecule has 0 N–H and O–H groups in total. The highest BCUT2D eigenvalue weighted by atomic mass is 32.2. The fourth-order valence-corrected chi connectivity index (χ4v) is 6.29. The van der Waals surface area contributed by atoms with Crippen LogP contribution in [-0.2, 0) is 21.4 Å². The monoisotopic (exact) mass is 534 g/mol. The molecule has 1 fully saturated rings. The lowest BCUT2D eigenvalue weighted by atomic mass is 9.96. The van der Waals surface area contributed by atoms with Gasteiger partial charge in [0.2, 0.25) is 21.7 Å². The Morgan fingerprint density at radius 3 is 2.00 bits per heavy atom. The minimum Gasteiger partial charge on any atom is -0.495 e. The van der Waals surface area contributed by atoms with Gasteiger partial charge >= 0.3 is 0 Å². The normalized spacial score (nSPS) is 14.9. The number of piperidine rings is 1. The van der Waals surface area contributed by atoms with Gasteiger partial charge in [-0.3, -0.25) is 4.79 Å². The molecule has 0 aliphatic carbocycles. The van der Waals surface area contributed by atoms with Crippen molar-refractivity contribution in [3.8, 4) is 23.0 Å². The summed E-state index contributed by atoms with van der Waals surface area (Å²) in [5.41, 5.74) is 1.76. The Labute approximate surface area is 220 Å². The Bertz CT molecular complexity index is 1180. The number of sulfonamides is 1. The van der Waals surface area contributed by atoms with E-state index >= 15 is 0 Å². The second-order valence-corrected chi connectivity index (χ2v) is 11.4. The van der Waals surface area contributed by atoms with Crippen LogP contribution in [0.2, 0.25) is 0 Å². The van der Waals surface area contributed by atoms with Gasteiger partial charge in [-0.2, -0.15) is 4.31 Å². The molecular formula is C27H38N2O7S. The molecule has 1 heterocycles. The van der Waals surface area contributed by atoms with Crippen LogP contribution in [0.4, 0.5) is 0 Å².